The smallest absolute Gasteiger partial charge is 0.266 e. The van der Waals surface area contributed by atoms with Gasteiger partial charge in [-0.05, 0) is 80.4 Å². The number of nitriles is 1. The summed E-state index contributed by atoms with van der Waals surface area (Å²) in [6.45, 7) is 5.87. The Labute approximate surface area is 180 Å². The number of benzene rings is 2. The zero-order valence-electron chi connectivity index (χ0n) is 16.3. The number of aromatic nitrogens is 1. The van der Waals surface area contributed by atoms with Crippen LogP contribution in [0.2, 0.25) is 10.0 Å². The summed E-state index contributed by atoms with van der Waals surface area (Å²) in [6, 6.07) is 16.5. The minimum Gasteiger partial charge on any atom is -0.321 e. The molecule has 1 aromatic heterocycles. The summed E-state index contributed by atoms with van der Waals surface area (Å²) in [5, 5.41) is 13.5. The molecule has 0 saturated heterocycles. The highest BCUT2D eigenvalue weighted by atomic mass is 35.5. The second-order valence-electron chi connectivity index (χ2n) is 6.73. The van der Waals surface area contributed by atoms with Crippen LogP contribution >= 0.6 is 23.2 Å². The number of anilines is 1. The van der Waals surface area contributed by atoms with Gasteiger partial charge in [-0.2, -0.15) is 5.26 Å². The van der Waals surface area contributed by atoms with Crippen molar-refractivity contribution < 1.29 is 4.79 Å². The predicted octanol–water partition coefficient (Wildman–Crippen LogP) is 6.26. The Morgan fingerprint density at radius 3 is 2.38 bits per heavy atom. The van der Waals surface area contributed by atoms with Crippen molar-refractivity contribution in [2.24, 2.45) is 0 Å². The van der Waals surface area contributed by atoms with Crippen molar-refractivity contribution in [1.82, 2.24) is 4.57 Å². The second-order valence-corrected chi connectivity index (χ2v) is 7.57. The molecule has 146 valence electrons. The Morgan fingerprint density at radius 1 is 1.07 bits per heavy atom. The number of nitrogens with zero attached hydrogens (tertiary/aromatic N) is 2. The first-order chi connectivity index (χ1) is 13.8. The molecule has 0 radical (unpaired) electrons. The number of hydrogen-bond donors (Lipinski definition) is 1. The first-order valence-electron chi connectivity index (χ1n) is 8.94. The lowest BCUT2D eigenvalue weighted by Gasteiger charge is -2.11. The van der Waals surface area contributed by atoms with E-state index in [-0.39, 0.29) is 5.57 Å². The van der Waals surface area contributed by atoms with E-state index in [1.165, 1.54) is 0 Å². The molecule has 3 aromatic rings. The normalized spacial score (nSPS) is 11.2. The number of hydrogen-bond acceptors (Lipinski definition) is 2. The number of nitrogens with one attached hydrogen (secondary N) is 1. The fourth-order valence-corrected chi connectivity index (χ4v) is 3.39. The van der Waals surface area contributed by atoms with Crippen LogP contribution in [-0.2, 0) is 4.79 Å². The monoisotopic (exact) mass is 423 g/mol. The minimum atomic E-state index is -0.474. The zero-order valence-corrected chi connectivity index (χ0v) is 17.8. The van der Waals surface area contributed by atoms with Crippen LogP contribution in [0.1, 0.15) is 22.5 Å². The molecule has 4 nitrogen and oxygen atoms in total. The van der Waals surface area contributed by atoms with Gasteiger partial charge in [0.1, 0.15) is 11.6 Å². The molecule has 0 spiro atoms. The molecule has 0 aliphatic rings. The molecule has 1 N–H and O–H groups in total. The lowest BCUT2D eigenvalue weighted by Crippen LogP contribution is -2.13. The number of carbonyl (C=O) groups is 1. The Kier molecular flexibility index (Phi) is 6.12. The molecule has 0 fully saturated rings. The molecule has 0 unspecified atom stereocenters. The van der Waals surface area contributed by atoms with E-state index in [1.807, 2.05) is 55.7 Å². The Balaban J connectivity index is 1.94. The summed E-state index contributed by atoms with van der Waals surface area (Å²) in [5.74, 6) is -0.474. The van der Waals surface area contributed by atoms with E-state index < -0.39 is 5.91 Å². The van der Waals surface area contributed by atoms with Crippen molar-refractivity contribution in [3.63, 3.8) is 0 Å². The van der Waals surface area contributed by atoms with Gasteiger partial charge in [-0.3, -0.25) is 4.79 Å². The van der Waals surface area contributed by atoms with E-state index >= 15 is 0 Å². The third kappa shape index (κ3) is 4.54. The number of amides is 1. The molecule has 0 aliphatic carbocycles. The summed E-state index contributed by atoms with van der Waals surface area (Å²) in [7, 11) is 0. The van der Waals surface area contributed by atoms with E-state index in [0.29, 0.717) is 15.7 Å². The molecule has 6 heteroatoms. The van der Waals surface area contributed by atoms with E-state index in [9.17, 15) is 10.1 Å². The summed E-state index contributed by atoms with van der Waals surface area (Å²) < 4.78 is 2.04. The van der Waals surface area contributed by atoms with Gasteiger partial charge in [0.25, 0.3) is 5.91 Å². The van der Waals surface area contributed by atoms with Crippen molar-refractivity contribution in [3.8, 4) is 11.8 Å². The first-order valence-corrected chi connectivity index (χ1v) is 9.70. The number of carbonyl (C=O) groups excluding carboxylic acids is 1. The van der Waals surface area contributed by atoms with Gasteiger partial charge in [0.15, 0.2) is 0 Å². The van der Waals surface area contributed by atoms with E-state index in [1.54, 1.807) is 30.3 Å². The summed E-state index contributed by atoms with van der Waals surface area (Å²) in [4.78, 5) is 12.5. The Bertz CT molecular complexity index is 1150. The SMILES string of the molecule is Cc1ccc(-n2c(C)cc(/C=C(/C#N)C(=O)Nc3ccc(Cl)cc3)c2C)cc1Cl. The van der Waals surface area contributed by atoms with Gasteiger partial charge in [0.05, 0.1) is 0 Å². The Hall–Kier alpha value is -3.00. The van der Waals surface area contributed by atoms with Gasteiger partial charge in [0.2, 0.25) is 0 Å². The minimum absolute atomic E-state index is 0.0159. The van der Waals surface area contributed by atoms with Gasteiger partial charge < -0.3 is 9.88 Å². The average molecular weight is 424 g/mol. The number of rotatable bonds is 4. The lowest BCUT2D eigenvalue weighted by atomic mass is 10.1. The van der Waals surface area contributed by atoms with E-state index in [0.717, 1.165) is 28.2 Å². The molecule has 29 heavy (non-hydrogen) atoms. The molecular weight excluding hydrogens is 405 g/mol. The Morgan fingerprint density at radius 2 is 1.76 bits per heavy atom. The molecule has 0 bridgehead atoms. The van der Waals surface area contributed by atoms with Crippen molar-refractivity contribution in [2.75, 3.05) is 5.32 Å². The van der Waals surface area contributed by atoms with Gasteiger partial charge in [-0.25, -0.2) is 0 Å². The van der Waals surface area contributed by atoms with Gasteiger partial charge in [0, 0.05) is 32.8 Å². The molecule has 0 saturated carbocycles. The molecule has 0 aliphatic heterocycles. The van der Waals surface area contributed by atoms with Crippen LogP contribution in [-0.4, -0.2) is 10.5 Å². The summed E-state index contributed by atoms with van der Waals surface area (Å²) >= 11 is 12.1. The largest absolute Gasteiger partial charge is 0.321 e. The predicted molar refractivity (Wildman–Crippen MR) is 119 cm³/mol. The maximum absolute atomic E-state index is 12.5. The topological polar surface area (TPSA) is 57.8 Å². The van der Waals surface area contributed by atoms with Crippen LogP contribution in [0.15, 0.2) is 54.1 Å². The maximum atomic E-state index is 12.5. The van der Waals surface area contributed by atoms with Crippen LogP contribution in [0.4, 0.5) is 5.69 Å². The summed E-state index contributed by atoms with van der Waals surface area (Å²) in [6.07, 6.45) is 1.60. The quantitative estimate of drug-likeness (QED) is 0.397. The van der Waals surface area contributed by atoms with Crippen molar-refractivity contribution in [2.45, 2.75) is 20.8 Å². The zero-order chi connectivity index (χ0) is 21.1. The van der Waals surface area contributed by atoms with Crippen LogP contribution in [0, 0.1) is 32.1 Å². The van der Waals surface area contributed by atoms with Gasteiger partial charge in [-0.1, -0.05) is 29.3 Å². The highest BCUT2D eigenvalue weighted by Crippen LogP contribution is 2.26. The van der Waals surface area contributed by atoms with E-state index in [4.69, 9.17) is 23.2 Å². The summed E-state index contributed by atoms with van der Waals surface area (Å²) in [5.41, 5.74) is 5.20. The first kappa shape index (κ1) is 20.7. The van der Waals surface area contributed by atoms with E-state index in [2.05, 4.69) is 5.32 Å². The van der Waals surface area contributed by atoms with Crippen LogP contribution in [0.3, 0.4) is 0 Å². The van der Waals surface area contributed by atoms with Crippen LogP contribution in [0.25, 0.3) is 11.8 Å². The highest BCUT2D eigenvalue weighted by molar-refractivity contribution is 6.31. The molecule has 2 aromatic carbocycles. The van der Waals surface area contributed by atoms with Crippen molar-refractivity contribution >= 4 is 40.9 Å². The molecule has 3 rings (SSSR count). The van der Waals surface area contributed by atoms with Gasteiger partial charge >= 0.3 is 0 Å². The van der Waals surface area contributed by atoms with Crippen LogP contribution in [0.5, 0.6) is 0 Å². The lowest BCUT2D eigenvalue weighted by molar-refractivity contribution is -0.112. The molecule has 1 heterocycles. The fourth-order valence-electron chi connectivity index (χ4n) is 3.09. The molecular formula is C23H19Cl2N3O. The molecule has 0 atom stereocenters. The molecule has 1 amide bonds. The van der Waals surface area contributed by atoms with Crippen molar-refractivity contribution in [3.05, 3.63) is 86.7 Å². The number of halogens is 2. The second kappa shape index (κ2) is 8.57. The van der Waals surface area contributed by atoms with Gasteiger partial charge in [-0.15, -0.1) is 0 Å². The third-order valence-corrected chi connectivity index (χ3v) is 5.31. The average Bonchev–Trinajstić information content (AvgIpc) is 2.97. The van der Waals surface area contributed by atoms with Crippen LogP contribution < -0.4 is 5.32 Å². The fraction of sp³-hybridized carbons (Fsp3) is 0.130. The highest BCUT2D eigenvalue weighted by Gasteiger charge is 2.14. The number of aryl methyl sites for hydroxylation is 2. The third-order valence-electron chi connectivity index (χ3n) is 4.65. The van der Waals surface area contributed by atoms with Crippen molar-refractivity contribution in [1.29, 1.82) is 5.26 Å². The maximum Gasteiger partial charge on any atom is 0.266 e. The standard InChI is InChI=1S/C23H19Cl2N3O/c1-14-4-9-21(12-22(14)25)28-15(2)10-17(16(28)3)11-18(13-26)23(29)27-20-7-5-19(24)6-8-20/h4-12H,1-3H3,(H,27,29)/b18-11-.